The molecule has 0 unspecified atom stereocenters. The van der Waals surface area contributed by atoms with Crippen LogP contribution in [0.2, 0.25) is 0 Å². The summed E-state index contributed by atoms with van der Waals surface area (Å²) in [5.74, 6) is 0.822. The van der Waals surface area contributed by atoms with Gasteiger partial charge in [0.05, 0.1) is 29.6 Å². The van der Waals surface area contributed by atoms with Crippen LogP contribution in [0.1, 0.15) is 0 Å². The van der Waals surface area contributed by atoms with Gasteiger partial charge in [-0.2, -0.15) is 4.98 Å². The monoisotopic (exact) mass is 427 g/mol. The van der Waals surface area contributed by atoms with Crippen molar-refractivity contribution in [2.24, 2.45) is 7.05 Å². The van der Waals surface area contributed by atoms with Crippen molar-refractivity contribution in [3.8, 4) is 0 Å². The van der Waals surface area contributed by atoms with Gasteiger partial charge in [-0.25, -0.2) is 4.98 Å². The maximum absolute atomic E-state index is 9.32. The van der Waals surface area contributed by atoms with E-state index in [0.717, 1.165) is 25.4 Å². The van der Waals surface area contributed by atoms with E-state index in [-0.39, 0.29) is 19.2 Å². The second kappa shape index (κ2) is 6.46. The Kier molecular flexibility index (Phi) is 4.55. The number of halogens is 1. The Hall–Kier alpha value is -1.65. The Balaban J connectivity index is 2.38. The van der Waals surface area contributed by atoms with E-state index < -0.39 is 0 Å². The number of hydrogen-bond acceptors (Lipinski definition) is 6. The molecule has 122 valence electrons. The number of aliphatic hydroxyl groups is 2. The molecule has 4 N–H and O–H groups in total. The summed E-state index contributed by atoms with van der Waals surface area (Å²) in [4.78, 5) is 10.6. The molecule has 3 aromatic rings. The van der Waals surface area contributed by atoms with Crippen molar-refractivity contribution in [2.45, 2.75) is 0 Å². The van der Waals surface area contributed by atoms with Gasteiger partial charge in [0.15, 0.2) is 0 Å². The first-order valence-corrected chi connectivity index (χ1v) is 8.32. The Morgan fingerprint density at radius 1 is 1.26 bits per heavy atom. The number of hydrogen-bond donors (Lipinski definition) is 3. The zero-order valence-electron chi connectivity index (χ0n) is 12.7. The van der Waals surface area contributed by atoms with Gasteiger partial charge in [0, 0.05) is 35.3 Å². The highest BCUT2D eigenvalue weighted by Gasteiger charge is 2.18. The lowest BCUT2D eigenvalue weighted by molar-refractivity contribution is 0.281. The van der Waals surface area contributed by atoms with Crippen LogP contribution in [0.15, 0.2) is 18.3 Å². The minimum atomic E-state index is -0.0340. The predicted octanol–water partition coefficient (Wildman–Crippen LogP) is 1.10. The van der Waals surface area contributed by atoms with Gasteiger partial charge in [0.25, 0.3) is 0 Å². The van der Waals surface area contributed by atoms with Crippen LogP contribution in [0, 0.1) is 3.57 Å². The second-order valence-corrected chi connectivity index (χ2v) is 6.44. The zero-order valence-corrected chi connectivity index (χ0v) is 14.9. The predicted molar refractivity (Wildman–Crippen MR) is 99.5 cm³/mol. The van der Waals surface area contributed by atoms with Gasteiger partial charge in [-0.3, -0.25) is 0 Å². The van der Waals surface area contributed by atoms with Gasteiger partial charge in [0.2, 0.25) is 5.95 Å². The molecule has 3 rings (SSSR count). The highest BCUT2D eigenvalue weighted by atomic mass is 127. The molecule has 0 aliphatic carbocycles. The van der Waals surface area contributed by atoms with Crippen LogP contribution < -0.4 is 10.6 Å². The van der Waals surface area contributed by atoms with E-state index in [0.29, 0.717) is 18.9 Å². The van der Waals surface area contributed by atoms with Crippen LogP contribution in [0.5, 0.6) is 0 Å². The van der Waals surface area contributed by atoms with Gasteiger partial charge in [-0.05, 0) is 34.7 Å². The molecular weight excluding hydrogens is 409 g/mol. The summed E-state index contributed by atoms with van der Waals surface area (Å²) in [6.07, 6.45) is 1.99. The minimum absolute atomic E-state index is 0.0340. The molecule has 0 fully saturated rings. The molecule has 1 aromatic carbocycles. The van der Waals surface area contributed by atoms with E-state index in [4.69, 9.17) is 5.73 Å². The van der Waals surface area contributed by atoms with Crippen molar-refractivity contribution < 1.29 is 10.2 Å². The quantitative estimate of drug-likeness (QED) is 0.528. The third-order valence-electron chi connectivity index (χ3n) is 3.81. The highest BCUT2D eigenvalue weighted by molar-refractivity contribution is 14.1. The van der Waals surface area contributed by atoms with E-state index in [1.54, 1.807) is 0 Å². The number of nitrogen functional groups attached to an aromatic ring is 1. The molecule has 2 heterocycles. The van der Waals surface area contributed by atoms with Gasteiger partial charge >= 0.3 is 0 Å². The SMILES string of the molecule is Cn1ccc2c3c(N(CCO)CCO)nc(N)nc3cc(I)c21. The molecule has 0 aliphatic heterocycles. The van der Waals surface area contributed by atoms with E-state index in [1.165, 1.54) is 0 Å². The lowest BCUT2D eigenvalue weighted by Gasteiger charge is -2.23. The normalized spacial score (nSPS) is 11.5. The maximum Gasteiger partial charge on any atom is 0.222 e. The fourth-order valence-corrected chi connectivity index (χ4v) is 3.82. The summed E-state index contributed by atoms with van der Waals surface area (Å²) in [6.45, 7) is 0.667. The minimum Gasteiger partial charge on any atom is -0.395 e. The summed E-state index contributed by atoms with van der Waals surface area (Å²) >= 11 is 2.29. The van der Waals surface area contributed by atoms with Crippen LogP contribution in [-0.2, 0) is 7.05 Å². The number of nitrogens with zero attached hydrogens (tertiary/aromatic N) is 4. The molecule has 0 amide bonds. The average molecular weight is 427 g/mol. The number of aromatic nitrogens is 3. The summed E-state index contributed by atoms with van der Waals surface area (Å²) in [5, 5.41) is 20.6. The molecule has 0 saturated heterocycles. The molecule has 0 atom stereocenters. The van der Waals surface area contributed by atoms with Crippen molar-refractivity contribution in [1.82, 2.24) is 14.5 Å². The van der Waals surface area contributed by atoms with Crippen LogP contribution in [0.25, 0.3) is 21.8 Å². The van der Waals surface area contributed by atoms with Crippen LogP contribution in [0.4, 0.5) is 11.8 Å². The molecule has 0 saturated carbocycles. The molecule has 0 bridgehead atoms. The topological polar surface area (TPSA) is 100 Å². The zero-order chi connectivity index (χ0) is 16.6. The van der Waals surface area contributed by atoms with Gasteiger partial charge in [-0.1, -0.05) is 0 Å². The third-order valence-corrected chi connectivity index (χ3v) is 4.63. The van der Waals surface area contributed by atoms with Crippen molar-refractivity contribution in [3.05, 3.63) is 21.9 Å². The number of aliphatic hydroxyl groups excluding tert-OH is 2. The lowest BCUT2D eigenvalue weighted by atomic mass is 10.1. The van der Waals surface area contributed by atoms with Crippen LogP contribution in [-0.4, -0.2) is 51.1 Å². The molecular formula is C15H18IN5O2. The first-order valence-electron chi connectivity index (χ1n) is 7.24. The van der Waals surface area contributed by atoms with E-state index >= 15 is 0 Å². The molecule has 0 radical (unpaired) electrons. The summed E-state index contributed by atoms with van der Waals surface area (Å²) < 4.78 is 3.14. The first kappa shape index (κ1) is 16.2. The molecule has 0 spiro atoms. The van der Waals surface area contributed by atoms with Gasteiger partial charge < -0.3 is 25.4 Å². The highest BCUT2D eigenvalue weighted by Crippen LogP contribution is 2.35. The smallest absolute Gasteiger partial charge is 0.222 e. The fraction of sp³-hybridized carbons (Fsp3) is 0.333. The van der Waals surface area contributed by atoms with Crippen LogP contribution in [0.3, 0.4) is 0 Å². The summed E-state index contributed by atoms with van der Waals surface area (Å²) in [5.41, 5.74) is 7.73. The van der Waals surface area contributed by atoms with E-state index in [2.05, 4.69) is 37.1 Å². The van der Waals surface area contributed by atoms with Crippen molar-refractivity contribution in [3.63, 3.8) is 0 Å². The number of rotatable bonds is 5. The Labute approximate surface area is 146 Å². The molecule has 8 heteroatoms. The Morgan fingerprint density at radius 3 is 2.61 bits per heavy atom. The number of aryl methyl sites for hydroxylation is 1. The van der Waals surface area contributed by atoms with Crippen LogP contribution >= 0.6 is 22.6 Å². The van der Waals surface area contributed by atoms with E-state index in [1.807, 2.05) is 30.3 Å². The molecule has 0 aliphatic rings. The lowest BCUT2D eigenvalue weighted by Crippen LogP contribution is -2.31. The number of fused-ring (bicyclic) bond motifs is 3. The largest absolute Gasteiger partial charge is 0.395 e. The maximum atomic E-state index is 9.32. The Bertz CT molecular complexity index is 858. The average Bonchev–Trinajstić information content (AvgIpc) is 2.88. The summed E-state index contributed by atoms with van der Waals surface area (Å²) in [7, 11) is 1.99. The molecule has 23 heavy (non-hydrogen) atoms. The number of nitrogens with two attached hydrogens (primary N) is 1. The molecule has 2 aromatic heterocycles. The standard InChI is InChI=1S/C15H18IN5O2/c1-20-3-2-9-12-11(8-10(16)13(9)20)18-15(17)19-14(12)21(4-6-22)5-7-23/h2-3,8,22-23H,4-7H2,1H3,(H2,17,18,19). The van der Waals surface area contributed by atoms with Crippen molar-refractivity contribution in [2.75, 3.05) is 36.9 Å². The van der Waals surface area contributed by atoms with Gasteiger partial charge in [-0.15, -0.1) is 0 Å². The molecule has 7 nitrogen and oxygen atoms in total. The van der Waals surface area contributed by atoms with E-state index in [9.17, 15) is 10.2 Å². The van der Waals surface area contributed by atoms with Crippen molar-refractivity contribution >= 4 is 56.2 Å². The number of benzene rings is 1. The third kappa shape index (κ3) is 2.81. The Morgan fingerprint density at radius 2 is 1.96 bits per heavy atom. The second-order valence-electron chi connectivity index (χ2n) is 5.28. The van der Waals surface area contributed by atoms with Gasteiger partial charge in [0.1, 0.15) is 5.82 Å². The first-order chi connectivity index (χ1) is 11.1. The number of anilines is 2. The van der Waals surface area contributed by atoms with Crippen molar-refractivity contribution in [1.29, 1.82) is 0 Å². The fourth-order valence-electron chi connectivity index (χ4n) is 2.86. The summed E-state index contributed by atoms with van der Waals surface area (Å²) in [6, 6.07) is 4.01.